The predicted octanol–water partition coefficient (Wildman–Crippen LogP) is 3.89. The van der Waals surface area contributed by atoms with Gasteiger partial charge in [-0.2, -0.15) is 0 Å². The third kappa shape index (κ3) is 4.54. The molecule has 3 heterocycles. The first-order valence-corrected chi connectivity index (χ1v) is 13.0. The van der Waals surface area contributed by atoms with Crippen molar-refractivity contribution < 1.29 is 14.3 Å². The minimum absolute atomic E-state index is 0.185. The number of benzene rings is 1. The zero-order valence-corrected chi connectivity index (χ0v) is 20.6. The number of nitrogens with zero attached hydrogens (tertiary/aromatic N) is 3. The Balaban J connectivity index is 1.07. The number of likely N-dealkylation sites (tertiary alicyclic amines) is 1. The molecule has 3 fully saturated rings. The van der Waals surface area contributed by atoms with Crippen molar-refractivity contribution in [2.45, 2.75) is 52.0 Å². The van der Waals surface area contributed by atoms with Crippen LogP contribution in [-0.4, -0.2) is 83.6 Å². The summed E-state index contributed by atoms with van der Waals surface area (Å²) >= 11 is 0. The molecule has 2 aliphatic heterocycles. The van der Waals surface area contributed by atoms with Crippen molar-refractivity contribution in [2.24, 2.45) is 11.3 Å². The van der Waals surface area contributed by atoms with Gasteiger partial charge in [-0.3, -0.25) is 4.79 Å². The Bertz CT molecular complexity index is 1020. The third-order valence-electron chi connectivity index (χ3n) is 8.53. The predicted molar refractivity (Wildman–Crippen MR) is 133 cm³/mol. The van der Waals surface area contributed by atoms with Gasteiger partial charge in [0.05, 0.1) is 6.61 Å². The summed E-state index contributed by atoms with van der Waals surface area (Å²) in [6.45, 7) is 9.15. The lowest BCUT2D eigenvalue weighted by Crippen LogP contribution is -2.51. The van der Waals surface area contributed by atoms with Gasteiger partial charge in [0.2, 0.25) is 5.91 Å². The number of piperidine rings is 1. The van der Waals surface area contributed by atoms with E-state index in [2.05, 4.69) is 47.3 Å². The summed E-state index contributed by atoms with van der Waals surface area (Å²) in [4.78, 5) is 34.8. The molecular formula is C27H38N4O3. The number of nitrogens with one attached hydrogen (secondary N) is 1. The molecule has 1 aromatic carbocycles. The fourth-order valence-corrected chi connectivity index (χ4v) is 6.09. The van der Waals surface area contributed by atoms with Crippen molar-refractivity contribution in [2.75, 3.05) is 45.9 Å². The van der Waals surface area contributed by atoms with Gasteiger partial charge in [-0.25, -0.2) is 4.79 Å². The summed E-state index contributed by atoms with van der Waals surface area (Å²) in [6, 6.07) is 9.08. The van der Waals surface area contributed by atoms with Crippen molar-refractivity contribution in [3.8, 4) is 0 Å². The highest BCUT2D eigenvalue weighted by Crippen LogP contribution is 2.60. The fourth-order valence-electron chi connectivity index (χ4n) is 6.09. The van der Waals surface area contributed by atoms with Gasteiger partial charge in [0.15, 0.2) is 0 Å². The van der Waals surface area contributed by atoms with Crippen LogP contribution in [0.2, 0.25) is 0 Å². The first-order chi connectivity index (χ1) is 16.5. The van der Waals surface area contributed by atoms with Gasteiger partial charge in [0.1, 0.15) is 0 Å². The van der Waals surface area contributed by atoms with E-state index in [-0.39, 0.29) is 17.4 Å². The van der Waals surface area contributed by atoms with Crippen LogP contribution in [0.1, 0.15) is 45.1 Å². The molecule has 34 heavy (non-hydrogen) atoms. The van der Waals surface area contributed by atoms with E-state index in [4.69, 9.17) is 4.74 Å². The topological polar surface area (TPSA) is 68.9 Å². The summed E-state index contributed by atoms with van der Waals surface area (Å²) in [5.41, 5.74) is 2.85. The molecule has 2 saturated heterocycles. The average Bonchev–Trinajstić information content (AvgIpc) is 3.40. The lowest BCUT2D eigenvalue weighted by molar-refractivity contribution is -0.135. The normalized spacial score (nSPS) is 23.3. The largest absolute Gasteiger partial charge is 0.450 e. The maximum absolute atomic E-state index is 13.2. The van der Waals surface area contributed by atoms with Gasteiger partial charge < -0.3 is 24.4 Å². The van der Waals surface area contributed by atoms with Gasteiger partial charge in [-0.15, -0.1) is 0 Å². The number of H-pyrrole nitrogens is 1. The summed E-state index contributed by atoms with van der Waals surface area (Å²) in [5, 5.41) is 1.34. The number of rotatable bonds is 6. The van der Waals surface area contributed by atoms with Crippen molar-refractivity contribution >= 4 is 22.9 Å². The fraction of sp³-hybridized carbons (Fsp3) is 0.630. The molecular weight excluding hydrogens is 428 g/mol. The van der Waals surface area contributed by atoms with Crippen molar-refractivity contribution in [3.05, 3.63) is 36.0 Å². The van der Waals surface area contributed by atoms with E-state index in [1.54, 1.807) is 4.90 Å². The van der Waals surface area contributed by atoms with E-state index in [9.17, 15) is 9.59 Å². The van der Waals surface area contributed by atoms with Crippen LogP contribution >= 0.6 is 0 Å². The number of hydrogen-bond donors (Lipinski definition) is 1. The number of amides is 2. The second-order valence-electron chi connectivity index (χ2n) is 10.4. The van der Waals surface area contributed by atoms with E-state index in [0.717, 1.165) is 45.2 Å². The average molecular weight is 467 g/mol. The van der Waals surface area contributed by atoms with Crippen molar-refractivity contribution in [1.29, 1.82) is 0 Å². The SMILES string of the molecule is CCOC(=O)N1CCN(C(=O)[C@@H]2CC23CCN([C@H](C)CCc2c[nH]c4ccccc24)CC3)CC1. The lowest BCUT2D eigenvalue weighted by atomic mass is 9.89. The Kier molecular flexibility index (Phi) is 6.56. The Morgan fingerprint density at radius 1 is 1.09 bits per heavy atom. The van der Waals surface area contributed by atoms with Crippen molar-refractivity contribution in [1.82, 2.24) is 19.7 Å². The second-order valence-corrected chi connectivity index (χ2v) is 10.4. The zero-order chi connectivity index (χ0) is 23.7. The van der Waals surface area contributed by atoms with Gasteiger partial charge >= 0.3 is 6.09 Å². The van der Waals surface area contributed by atoms with Crippen LogP contribution in [0, 0.1) is 11.3 Å². The highest BCUT2D eigenvalue weighted by atomic mass is 16.6. The summed E-state index contributed by atoms with van der Waals surface area (Å²) in [7, 11) is 0. The smallest absolute Gasteiger partial charge is 0.409 e. The van der Waals surface area contributed by atoms with E-state index in [1.807, 2.05) is 11.8 Å². The van der Waals surface area contributed by atoms with Gasteiger partial charge in [0.25, 0.3) is 0 Å². The molecule has 1 aliphatic carbocycles. The molecule has 1 aromatic heterocycles. The summed E-state index contributed by atoms with van der Waals surface area (Å²) in [6.07, 6.45) is 7.45. The second kappa shape index (κ2) is 9.61. The van der Waals surface area contributed by atoms with Crippen LogP contribution in [0.3, 0.4) is 0 Å². The minimum atomic E-state index is -0.260. The number of piperazine rings is 1. The lowest BCUT2D eigenvalue weighted by Gasteiger charge is -2.38. The Hall–Kier alpha value is -2.54. The summed E-state index contributed by atoms with van der Waals surface area (Å²) in [5.74, 6) is 0.495. The number of aryl methyl sites for hydroxylation is 1. The van der Waals surface area contributed by atoms with E-state index < -0.39 is 0 Å². The Morgan fingerprint density at radius 3 is 2.53 bits per heavy atom. The molecule has 0 radical (unpaired) electrons. The number of aromatic nitrogens is 1. The molecule has 0 bridgehead atoms. The summed E-state index contributed by atoms with van der Waals surface area (Å²) < 4.78 is 5.09. The molecule has 1 N–H and O–H groups in total. The number of fused-ring (bicyclic) bond motifs is 1. The standard InChI is InChI=1S/C27H38N4O3/c1-3-34-26(33)31-16-14-30(15-17-31)25(32)23-18-27(23)10-12-29(13-11-27)20(2)8-9-21-19-28-24-7-5-4-6-22(21)24/h4-7,19-20,23,28H,3,8-18H2,1-2H3/t20-,23+/m1/s1. The zero-order valence-electron chi connectivity index (χ0n) is 20.6. The van der Waals surface area contributed by atoms with E-state index in [1.165, 1.54) is 16.5 Å². The van der Waals surface area contributed by atoms with Gasteiger partial charge in [-0.05, 0) is 76.1 Å². The quantitative estimate of drug-likeness (QED) is 0.701. The molecule has 2 atom stereocenters. The monoisotopic (exact) mass is 466 g/mol. The Labute approximate surface area is 202 Å². The Morgan fingerprint density at radius 2 is 1.79 bits per heavy atom. The van der Waals surface area contributed by atoms with Gasteiger partial charge in [-0.1, -0.05) is 18.2 Å². The molecule has 7 heteroatoms. The number of ether oxygens (including phenoxy) is 1. The molecule has 1 saturated carbocycles. The number of carbonyl (C=O) groups excluding carboxylic acids is 2. The maximum atomic E-state index is 13.2. The van der Waals surface area contributed by atoms with E-state index in [0.29, 0.717) is 44.7 Å². The molecule has 2 aromatic rings. The number of hydrogen-bond acceptors (Lipinski definition) is 4. The van der Waals surface area contributed by atoms with Crippen LogP contribution in [0.5, 0.6) is 0 Å². The van der Waals surface area contributed by atoms with Crippen LogP contribution in [0.15, 0.2) is 30.5 Å². The molecule has 184 valence electrons. The van der Waals surface area contributed by atoms with Crippen molar-refractivity contribution in [3.63, 3.8) is 0 Å². The molecule has 2 amide bonds. The van der Waals surface area contributed by atoms with E-state index >= 15 is 0 Å². The maximum Gasteiger partial charge on any atom is 0.409 e. The van der Waals surface area contributed by atoms with Crippen LogP contribution in [0.25, 0.3) is 10.9 Å². The van der Waals surface area contributed by atoms with Crippen LogP contribution < -0.4 is 0 Å². The molecule has 0 unspecified atom stereocenters. The molecule has 5 rings (SSSR count). The van der Waals surface area contributed by atoms with Crippen LogP contribution in [-0.2, 0) is 16.0 Å². The molecule has 3 aliphatic rings. The number of aromatic amines is 1. The first kappa shape index (κ1) is 23.2. The number of para-hydroxylation sites is 1. The third-order valence-corrected chi connectivity index (χ3v) is 8.53. The molecule has 1 spiro atoms. The highest BCUT2D eigenvalue weighted by molar-refractivity contribution is 5.83. The highest BCUT2D eigenvalue weighted by Gasteiger charge is 2.59. The minimum Gasteiger partial charge on any atom is -0.450 e. The molecule has 7 nitrogen and oxygen atoms in total. The number of carbonyl (C=O) groups is 2. The van der Waals surface area contributed by atoms with Crippen LogP contribution in [0.4, 0.5) is 4.79 Å². The first-order valence-electron chi connectivity index (χ1n) is 13.0. The van der Waals surface area contributed by atoms with Gasteiger partial charge in [0, 0.05) is 55.2 Å².